The van der Waals surface area contributed by atoms with Gasteiger partial charge >= 0.3 is 0 Å². The van der Waals surface area contributed by atoms with E-state index in [2.05, 4.69) is 21.2 Å². The van der Waals surface area contributed by atoms with E-state index < -0.39 is 0 Å². The number of ether oxygens (including phenoxy) is 4. The number of rotatable bonds is 9. The van der Waals surface area contributed by atoms with Crippen LogP contribution in [0.1, 0.15) is 10.4 Å². The third-order valence-corrected chi connectivity index (χ3v) is 5.46. The molecule has 1 N–H and O–H groups in total. The first kappa shape index (κ1) is 22.6. The van der Waals surface area contributed by atoms with Crippen molar-refractivity contribution in [1.82, 2.24) is 10.2 Å². The number of nitrogens with one attached hydrogen (secondary N) is 1. The zero-order valence-electron chi connectivity index (χ0n) is 18.6. The van der Waals surface area contributed by atoms with Crippen molar-refractivity contribution in [3.8, 4) is 23.0 Å². The summed E-state index contributed by atoms with van der Waals surface area (Å²) < 4.78 is 21.5. The number of carbonyl (C=O) groups excluding carboxylic acids is 1. The van der Waals surface area contributed by atoms with Gasteiger partial charge in [-0.25, -0.2) is 0 Å². The Hall–Kier alpha value is -3.13. The number of para-hydroxylation sites is 2. The predicted molar refractivity (Wildman–Crippen MR) is 120 cm³/mol. The molecule has 1 aliphatic rings. The minimum absolute atomic E-state index is 0.203. The average Bonchev–Trinajstić information content (AvgIpc) is 2.83. The molecule has 0 unspecified atom stereocenters. The molecule has 2 aromatic rings. The van der Waals surface area contributed by atoms with E-state index in [1.807, 2.05) is 18.2 Å². The van der Waals surface area contributed by atoms with Crippen LogP contribution in [0.3, 0.4) is 0 Å². The zero-order valence-corrected chi connectivity index (χ0v) is 18.6. The summed E-state index contributed by atoms with van der Waals surface area (Å²) in [4.78, 5) is 17.4. The fourth-order valence-corrected chi connectivity index (χ4v) is 3.81. The number of hydrogen-bond donors (Lipinski definition) is 1. The van der Waals surface area contributed by atoms with Crippen molar-refractivity contribution in [2.24, 2.45) is 0 Å². The molecule has 8 nitrogen and oxygen atoms in total. The monoisotopic (exact) mass is 429 g/mol. The Morgan fingerprint density at radius 1 is 0.839 bits per heavy atom. The first-order valence-corrected chi connectivity index (χ1v) is 10.3. The maximum Gasteiger partial charge on any atom is 0.255 e. The van der Waals surface area contributed by atoms with Crippen molar-refractivity contribution in [3.05, 3.63) is 42.0 Å². The molecule has 0 atom stereocenters. The highest BCUT2D eigenvalue weighted by molar-refractivity contribution is 5.98. The van der Waals surface area contributed by atoms with Crippen LogP contribution in [0, 0.1) is 0 Å². The number of hydrogen-bond acceptors (Lipinski definition) is 7. The number of methoxy groups -OCH3 is 4. The Labute approximate surface area is 183 Å². The summed E-state index contributed by atoms with van der Waals surface area (Å²) in [6, 6.07) is 11.5. The van der Waals surface area contributed by atoms with Gasteiger partial charge in [-0.05, 0) is 24.3 Å². The molecule has 1 aliphatic heterocycles. The maximum absolute atomic E-state index is 12.7. The second kappa shape index (κ2) is 10.8. The molecule has 168 valence electrons. The van der Waals surface area contributed by atoms with Crippen LogP contribution in [0.4, 0.5) is 5.69 Å². The normalized spacial score (nSPS) is 14.1. The Morgan fingerprint density at radius 3 is 2.16 bits per heavy atom. The molecule has 0 saturated carbocycles. The molecular weight excluding hydrogens is 398 g/mol. The molecule has 0 radical (unpaired) electrons. The number of carbonyl (C=O) groups is 1. The van der Waals surface area contributed by atoms with Gasteiger partial charge in [-0.2, -0.15) is 0 Å². The summed E-state index contributed by atoms with van der Waals surface area (Å²) in [6.45, 7) is 5.00. The second-order valence-electron chi connectivity index (χ2n) is 7.14. The number of anilines is 1. The maximum atomic E-state index is 12.7. The van der Waals surface area contributed by atoms with Crippen molar-refractivity contribution in [2.75, 3.05) is 72.6 Å². The lowest BCUT2D eigenvalue weighted by Crippen LogP contribution is -2.48. The molecule has 31 heavy (non-hydrogen) atoms. The molecular formula is C23H31N3O5. The van der Waals surface area contributed by atoms with Crippen molar-refractivity contribution in [3.63, 3.8) is 0 Å². The van der Waals surface area contributed by atoms with Gasteiger partial charge in [-0.3, -0.25) is 9.69 Å². The molecule has 2 aromatic carbocycles. The summed E-state index contributed by atoms with van der Waals surface area (Å²) >= 11 is 0. The fourth-order valence-electron chi connectivity index (χ4n) is 3.81. The zero-order chi connectivity index (χ0) is 22.2. The topological polar surface area (TPSA) is 72.5 Å². The molecule has 3 rings (SSSR count). The Morgan fingerprint density at radius 2 is 1.52 bits per heavy atom. The molecule has 1 heterocycles. The number of benzene rings is 2. The SMILES string of the molecule is COc1ccccc1N1CCN(CCNC(=O)c2ccc(OC)c(OC)c2OC)CC1. The first-order chi connectivity index (χ1) is 15.1. The van der Waals surface area contributed by atoms with Crippen LogP contribution in [-0.2, 0) is 0 Å². The highest BCUT2D eigenvalue weighted by Gasteiger charge is 2.22. The number of nitrogens with zero attached hydrogens (tertiary/aromatic N) is 2. The van der Waals surface area contributed by atoms with Gasteiger partial charge in [0.15, 0.2) is 11.5 Å². The van der Waals surface area contributed by atoms with Crippen LogP contribution in [0.25, 0.3) is 0 Å². The molecule has 0 bridgehead atoms. The summed E-state index contributed by atoms with van der Waals surface area (Å²) in [5.41, 5.74) is 1.54. The van der Waals surface area contributed by atoms with Gasteiger partial charge in [-0.1, -0.05) is 12.1 Å². The van der Waals surface area contributed by atoms with Gasteiger partial charge in [0.25, 0.3) is 5.91 Å². The van der Waals surface area contributed by atoms with Crippen molar-refractivity contribution < 1.29 is 23.7 Å². The fraction of sp³-hybridized carbons (Fsp3) is 0.435. The third kappa shape index (κ3) is 5.14. The second-order valence-corrected chi connectivity index (χ2v) is 7.14. The molecule has 1 amide bonds. The Bertz CT molecular complexity index is 882. The molecule has 1 fully saturated rings. The van der Waals surface area contributed by atoms with Crippen LogP contribution in [0.2, 0.25) is 0 Å². The van der Waals surface area contributed by atoms with Crippen LogP contribution >= 0.6 is 0 Å². The highest BCUT2D eigenvalue weighted by atomic mass is 16.5. The van der Waals surface area contributed by atoms with Crippen molar-refractivity contribution in [1.29, 1.82) is 0 Å². The van der Waals surface area contributed by atoms with Gasteiger partial charge in [0.2, 0.25) is 5.75 Å². The summed E-state index contributed by atoms with van der Waals surface area (Å²) in [5, 5.41) is 2.98. The lowest BCUT2D eigenvalue weighted by molar-refractivity contribution is 0.0944. The van der Waals surface area contributed by atoms with Crippen molar-refractivity contribution in [2.45, 2.75) is 0 Å². The van der Waals surface area contributed by atoms with E-state index in [0.717, 1.165) is 44.2 Å². The molecule has 0 spiro atoms. The number of piperazine rings is 1. The Balaban J connectivity index is 1.52. The van der Waals surface area contributed by atoms with E-state index >= 15 is 0 Å². The minimum atomic E-state index is -0.203. The molecule has 0 aliphatic carbocycles. The summed E-state index contributed by atoms with van der Waals surface area (Å²) in [7, 11) is 6.28. The lowest BCUT2D eigenvalue weighted by atomic mass is 10.1. The van der Waals surface area contributed by atoms with Crippen molar-refractivity contribution >= 4 is 11.6 Å². The van der Waals surface area contributed by atoms with Gasteiger partial charge in [0.05, 0.1) is 39.7 Å². The van der Waals surface area contributed by atoms with E-state index in [1.54, 1.807) is 26.4 Å². The minimum Gasteiger partial charge on any atom is -0.495 e. The van der Waals surface area contributed by atoms with Gasteiger partial charge in [0, 0.05) is 39.3 Å². The number of amides is 1. The van der Waals surface area contributed by atoms with Gasteiger partial charge in [-0.15, -0.1) is 0 Å². The van der Waals surface area contributed by atoms with E-state index in [-0.39, 0.29) is 5.91 Å². The van der Waals surface area contributed by atoms with Crippen LogP contribution in [0.15, 0.2) is 36.4 Å². The quantitative estimate of drug-likeness (QED) is 0.656. The van der Waals surface area contributed by atoms with Crippen LogP contribution < -0.4 is 29.2 Å². The predicted octanol–water partition coefficient (Wildman–Crippen LogP) is 2.27. The molecule has 0 aromatic heterocycles. The summed E-state index contributed by atoms with van der Waals surface area (Å²) in [5.74, 6) is 1.98. The third-order valence-electron chi connectivity index (χ3n) is 5.46. The van der Waals surface area contributed by atoms with Gasteiger partial charge < -0.3 is 29.2 Å². The molecule has 8 heteroatoms. The van der Waals surface area contributed by atoms with E-state index in [1.165, 1.54) is 14.2 Å². The summed E-state index contributed by atoms with van der Waals surface area (Å²) in [6.07, 6.45) is 0. The Kier molecular flexibility index (Phi) is 7.83. The smallest absolute Gasteiger partial charge is 0.255 e. The van der Waals surface area contributed by atoms with E-state index in [0.29, 0.717) is 29.4 Å². The highest BCUT2D eigenvalue weighted by Crippen LogP contribution is 2.39. The average molecular weight is 430 g/mol. The largest absolute Gasteiger partial charge is 0.495 e. The van der Waals surface area contributed by atoms with E-state index in [9.17, 15) is 4.79 Å². The van der Waals surface area contributed by atoms with Crippen LogP contribution in [-0.4, -0.2) is 78.5 Å². The first-order valence-electron chi connectivity index (χ1n) is 10.3. The van der Waals surface area contributed by atoms with Gasteiger partial charge in [0.1, 0.15) is 5.75 Å². The molecule has 1 saturated heterocycles. The lowest BCUT2D eigenvalue weighted by Gasteiger charge is -2.36. The van der Waals surface area contributed by atoms with E-state index in [4.69, 9.17) is 18.9 Å². The van der Waals surface area contributed by atoms with Crippen LogP contribution in [0.5, 0.6) is 23.0 Å². The standard InChI is InChI=1S/C23H31N3O5/c1-28-19-8-6-5-7-18(19)26-15-13-25(14-16-26)12-11-24-23(27)17-9-10-20(29-2)22(31-4)21(17)30-3/h5-10H,11-16H2,1-4H3,(H,24,27).